The number of rotatable bonds is 6. The van der Waals surface area contributed by atoms with Gasteiger partial charge in [-0.3, -0.25) is 4.79 Å². The molecule has 0 bridgehead atoms. The molecule has 2 aromatic rings. The van der Waals surface area contributed by atoms with Crippen LogP contribution in [0.15, 0.2) is 57.2 Å². The Balaban J connectivity index is 2.30. The standard InChI is InChI=1S/C18H17F4NO4S2/c1-3-28-11-4-6-12(7-5-11)29(26,27)13-8-9-15(14(19)10-13)23-16(24)17(2,25)18(20,21)22/h4-10,25H,3H2,1-2H3,(H,23,24)/t17-/m1/s1. The molecule has 0 saturated heterocycles. The molecule has 0 saturated carbocycles. The topological polar surface area (TPSA) is 83.5 Å². The number of carbonyl (C=O) groups is 1. The van der Waals surface area contributed by atoms with Gasteiger partial charge in [0.15, 0.2) is 0 Å². The van der Waals surface area contributed by atoms with Crippen molar-refractivity contribution in [1.29, 1.82) is 0 Å². The van der Waals surface area contributed by atoms with Crippen molar-refractivity contribution in [2.75, 3.05) is 11.1 Å². The third-order valence-electron chi connectivity index (χ3n) is 3.94. The molecule has 11 heteroatoms. The largest absolute Gasteiger partial charge is 0.426 e. The zero-order valence-corrected chi connectivity index (χ0v) is 16.9. The number of nitrogens with one attached hydrogen (secondary N) is 1. The first-order valence-electron chi connectivity index (χ1n) is 8.18. The molecule has 5 nitrogen and oxygen atoms in total. The van der Waals surface area contributed by atoms with Crippen LogP contribution in [0.2, 0.25) is 0 Å². The van der Waals surface area contributed by atoms with Crippen LogP contribution < -0.4 is 5.32 Å². The lowest BCUT2D eigenvalue weighted by molar-refractivity contribution is -0.242. The first-order chi connectivity index (χ1) is 13.3. The number of benzene rings is 2. The first kappa shape index (κ1) is 23.2. The summed E-state index contributed by atoms with van der Waals surface area (Å²) in [5, 5.41) is 10.9. The second kappa shape index (κ2) is 8.33. The highest BCUT2D eigenvalue weighted by atomic mass is 32.2. The van der Waals surface area contributed by atoms with Gasteiger partial charge in [0.2, 0.25) is 15.4 Å². The van der Waals surface area contributed by atoms with Gasteiger partial charge in [0, 0.05) is 4.90 Å². The Kier molecular flexibility index (Phi) is 6.65. The Labute approximate surface area is 169 Å². The van der Waals surface area contributed by atoms with E-state index < -0.39 is 43.9 Å². The van der Waals surface area contributed by atoms with Crippen LogP contribution in [0.3, 0.4) is 0 Å². The van der Waals surface area contributed by atoms with Crippen LogP contribution in [0.4, 0.5) is 23.2 Å². The van der Waals surface area contributed by atoms with Crippen molar-refractivity contribution in [2.24, 2.45) is 0 Å². The molecular weight excluding hydrogens is 434 g/mol. The van der Waals surface area contributed by atoms with E-state index in [0.29, 0.717) is 6.07 Å². The van der Waals surface area contributed by atoms with Gasteiger partial charge in [-0.25, -0.2) is 12.8 Å². The normalized spacial score (nSPS) is 14.3. The van der Waals surface area contributed by atoms with Gasteiger partial charge < -0.3 is 10.4 Å². The van der Waals surface area contributed by atoms with Crippen LogP contribution >= 0.6 is 11.8 Å². The Bertz CT molecular complexity index is 1000. The van der Waals surface area contributed by atoms with E-state index in [9.17, 15) is 35.9 Å². The van der Waals surface area contributed by atoms with Crippen molar-refractivity contribution in [3.63, 3.8) is 0 Å². The van der Waals surface area contributed by atoms with Crippen LogP contribution in [-0.2, 0) is 14.6 Å². The highest BCUT2D eigenvalue weighted by Crippen LogP contribution is 2.32. The summed E-state index contributed by atoms with van der Waals surface area (Å²) in [5.74, 6) is -2.37. The van der Waals surface area contributed by atoms with E-state index in [-0.39, 0.29) is 11.8 Å². The van der Waals surface area contributed by atoms with Gasteiger partial charge in [0.25, 0.3) is 5.91 Å². The number of hydrogen-bond acceptors (Lipinski definition) is 5. The van der Waals surface area contributed by atoms with Crippen LogP contribution in [0.1, 0.15) is 13.8 Å². The molecule has 0 spiro atoms. The fourth-order valence-corrected chi connectivity index (χ4v) is 4.09. The van der Waals surface area contributed by atoms with Gasteiger partial charge in [-0.1, -0.05) is 6.92 Å². The second-order valence-corrected chi connectivity index (χ2v) is 9.36. The minimum absolute atomic E-state index is 0.0888. The molecule has 0 fully saturated rings. The van der Waals surface area contributed by atoms with E-state index in [1.54, 1.807) is 17.4 Å². The number of amides is 1. The maximum atomic E-state index is 14.3. The van der Waals surface area contributed by atoms with E-state index in [0.717, 1.165) is 22.8 Å². The minimum atomic E-state index is -5.28. The number of carbonyl (C=O) groups excluding carboxylic acids is 1. The lowest BCUT2D eigenvalue weighted by atomic mass is 10.1. The third kappa shape index (κ3) is 4.90. The van der Waals surface area contributed by atoms with Crippen LogP contribution in [0.5, 0.6) is 0 Å². The zero-order chi connectivity index (χ0) is 22.0. The monoisotopic (exact) mass is 451 g/mol. The second-order valence-electron chi connectivity index (χ2n) is 6.07. The zero-order valence-electron chi connectivity index (χ0n) is 15.2. The van der Waals surface area contributed by atoms with Gasteiger partial charge in [0.1, 0.15) is 5.82 Å². The number of halogens is 4. The smallest absolute Gasteiger partial charge is 0.373 e. The van der Waals surface area contributed by atoms with Crippen molar-refractivity contribution in [3.05, 3.63) is 48.3 Å². The van der Waals surface area contributed by atoms with E-state index >= 15 is 0 Å². The SMILES string of the molecule is CCSc1ccc(S(=O)(=O)c2ccc(NC(=O)[C@@](C)(O)C(F)(F)F)c(F)c2)cc1. The highest BCUT2D eigenvalue weighted by molar-refractivity contribution is 7.99. The average molecular weight is 451 g/mol. The van der Waals surface area contributed by atoms with Gasteiger partial charge >= 0.3 is 6.18 Å². The lowest BCUT2D eigenvalue weighted by Crippen LogP contribution is -2.52. The summed E-state index contributed by atoms with van der Waals surface area (Å²) < 4.78 is 77.6. The van der Waals surface area contributed by atoms with Crippen molar-refractivity contribution >= 4 is 33.2 Å². The van der Waals surface area contributed by atoms with Crippen LogP contribution in [0.25, 0.3) is 0 Å². The quantitative estimate of drug-likeness (QED) is 0.512. The molecule has 2 N–H and O–H groups in total. The molecule has 2 rings (SSSR count). The van der Waals surface area contributed by atoms with Crippen LogP contribution in [-0.4, -0.2) is 37.0 Å². The molecule has 0 heterocycles. The Hall–Kier alpha value is -2.11. The maximum absolute atomic E-state index is 14.3. The molecule has 29 heavy (non-hydrogen) atoms. The fraction of sp³-hybridized carbons (Fsp3) is 0.278. The lowest BCUT2D eigenvalue weighted by Gasteiger charge is -2.25. The summed E-state index contributed by atoms with van der Waals surface area (Å²) >= 11 is 1.51. The molecule has 0 aliphatic heterocycles. The molecule has 0 aliphatic carbocycles. The Morgan fingerprint density at radius 1 is 1.10 bits per heavy atom. The predicted octanol–water partition coefficient (Wildman–Crippen LogP) is 4.02. The molecule has 0 radical (unpaired) electrons. The summed E-state index contributed by atoms with van der Waals surface area (Å²) in [6.07, 6.45) is -5.28. The predicted molar refractivity (Wildman–Crippen MR) is 100 cm³/mol. The number of thioether (sulfide) groups is 1. The molecule has 0 unspecified atom stereocenters. The fourth-order valence-electron chi connectivity index (χ4n) is 2.15. The maximum Gasteiger partial charge on any atom is 0.426 e. The highest BCUT2D eigenvalue weighted by Gasteiger charge is 2.55. The molecular formula is C18H17F4NO4S2. The van der Waals surface area contributed by atoms with E-state index in [1.165, 1.54) is 23.9 Å². The molecule has 0 aliphatic rings. The van der Waals surface area contributed by atoms with Crippen molar-refractivity contribution < 1.29 is 35.9 Å². The first-order valence-corrected chi connectivity index (χ1v) is 10.7. The van der Waals surface area contributed by atoms with Gasteiger partial charge in [-0.2, -0.15) is 13.2 Å². The van der Waals surface area contributed by atoms with Crippen molar-refractivity contribution in [3.8, 4) is 0 Å². The van der Waals surface area contributed by atoms with E-state index in [2.05, 4.69) is 0 Å². The van der Waals surface area contributed by atoms with E-state index in [1.807, 2.05) is 6.92 Å². The Morgan fingerprint density at radius 2 is 1.66 bits per heavy atom. The van der Waals surface area contributed by atoms with Gasteiger partial charge in [-0.05, 0) is 55.1 Å². The third-order valence-corrected chi connectivity index (χ3v) is 6.60. The van der Waals surface area contributed by atoms with Gasteiger partial charge in [-0.15, -0.1) is 11.8 Å². The molecule has 0 aromatic heterocycles. The summed E-state index contributed by atoms with van der Waals surface area (Å²) in [6, 6.07) is 8.28. The average Bonchev–Trinajstić information content (AvgIpc) is 2.63. The molecule has 158 valence electrons. The number of aliphatic hydroxyl groups is 1. The molecule has 1 amide bonds. The van der Waals surface area contributed by atoms with Gasteiger partial charge in [0.05, 0.1) is 15.5 Å². The molecule has 1 atom stereocenters. The number of hydrogen-bond donors (Lipinski definition) is 2. The van der Waals surface area contributed by atoms with Crippen LogP contribution in [0, 0.1) is 5.82 Å². The summed E-state index contributed by atoms with van der Waals surface area (Å²) in [4.78, 5) is 12.0. The van der Waals surface area contributed by atoms with Crippen molar-refractivity contribution in [2.45, 2.75) is 40.3 Å². The van der Waals surface area contributed by atoms with Crippen molar-refractivity contribution in [1.82, 2.24) is 0 Å². The number of anilines is 1. The summed E-state index contributed by atoms with van der Waals surface area (Å²) in [5.41, 5.74) is -4.45. The minimum Gasteiger partial charge on any atom is -0.373 e. The Morgan fingerprint density at radius 3 is 2.14 bits per heavy atom. The summed E-state index contributed by atoms with van der Waals surface area (Å²) in [7, 11) is -4.08. The summed E-state index contributed by atoms with van der Waals surface area (Å²) in [6.45, 7) is 2.16. The number of sulfone groups is 1. The van der Waals surface area contributed by atoms with E-state index in [4.69, 9.17) is 0 Å². The number of alkyl halides is 3. The molecule has 2 aromatic carbocycles.